The zero-order valence-corrected chi connectivity index (χ0v) is 42.3. The maximum atomic E-state index is 10.8. The average molecular weight is 1090 g/mol. The Labute approximate surface area is 418 Å². The number of aryl methyl sites for hydroxylation is 2. The summed E-state index contributed by atoms with van der Waals surface area (Å²) in [6.45, 7) is 6.88. The number of nitrogen functional groups attached to an aromatic ring is 1. The van der Waals surface area contributed by atoms with E-state index in [9.17, 15) is 9.90 Å². The molecule has 0 unspecified atom stereocenters. The van der Waals surface area contributed by atoms with Gasteiger partial charge in [0.05, 0.1) is 44.3 Å². The van der Waals surface area contributed by atoms with Gasteiger partial charge in [-0.15, -0.1) is 15.3 Å². The molecule has 0 aliphatic heterocycles. The number of aliphatic hydroxyl groups is 2. The van der Waals surface area contributed by atoms with Crippen LogP contribution in [0.2, 0.25) is 10.0 Å². The minimum Gasteiger partial charge on any atom is -0.512 e. The molecule has 17 heteroatoms. The van der Waals surface area contributed by atoms with Gasteiger partial charge < -0.3 is 21.3 Å². The Kier molecular flexibility index (Phi) is 16.5. The van der Waals surface area contributed by atoms with Crippen molar-refractivity contribution in [2.45, 2.75) is 56.5 Å². The van der Waals surface area contributed by atoms with E-state index in [1.54, 1.807) is 18.2 Å². The number of nitrogens with one attached hydrogen (secondary N) is 2. The van der Waals surface area contributed by atoms with Crippen LogP contribution in [0.4, 0.5) is 11.4 Å². The molecule has 6 N–H and O–H groups in total. The number of aromatic nitrogens is 6. The molecular weight excluding hydrogens is 1040 g/mol. The van der Waals surface area contributed by atoms with Crippen molar-refractivity contribution in [3.05, 3.63) is 168 Å². The van der Waals surface area contributed by atoms with Crippen LogP contribution in [0.5, 0.6) is 0 Å². The molecule has 1 amide bonds. The van der Waals surface area contributed by atoms with Crippen LogP contribution in [-0.2, 0) is 4.79 Å². The maximum absolute atomic E-state index is 10.8. The third-order valence-electron chi connectivity index (χ3n) is 10.7. The van der Waals surface area contributed by atoms with E-state index >= 15 is 0 Å². The number of nitrogens with zero attached hydrogens (tertiary/aromatic N) is 5. The summed E-state index contributed by atoms with van der Waals surface area (Å²) in [5.41, 5.74) is 13.8. The molecule has 10 rings (SSSR count). The van der Waals surface area contributed by atoms with Gasteiger partial charge >= 0.3 is 0 Å². The first kappa shape index (κ1) is 48.9. The Balaban J connectivity index is 0.000000139. The summed E-state index contributed by atoms with van der Waals surface area (Å²) in [6, 6.07) is 36.6. The number of aliphatic hydroxyl groups excluding tert-OH is 2. The largest absolute Gasteiger partial charge is 0.512 e. The van der Waals surface area contributed by atoms with Crippen molar-refractivity contribution < 1.29 is 15.0 Å². The monoisotopic (exact) mass is 1090 g/mol. The number of hydrogen-bond acceptors (Lipinski definition) is 9. The van der Waals surface area contributed by atoms with Gasteiger partial charge in [0.1, 0.15) is 6.61 Å². The second-order valence-corrected chi connectivity index (χ2v) is 19.3. The van der Waals surface area contributed by atoms with E-state index in [1.165, 1.54) is 70.1 Å². The molecule has 66 heavy (non-hydrogen) atoms. The van der Waals surface area contributed by atoms with Crippen molar-refractivity contribution >= 4 is 118 Å². The Bertz CT molecular complexity index is 3110. The Morgan fingerprint density at radius 2 is 1.33 bits per heavy atom. The number of H-pyrrole nitrogens is 1. The Hall–Kier alpha value is -5.00. The van der Waals surface area contributed by atoms with Crippen molar-refractivity contribution in [2.24, 2.45) is 0 Å². The SMILES string of the molecule is C=C(O)CSc1nnc(Br)n1-c1ccc(C2CC2)c2ccccc12.Cc1ccc(N)c(Cl)c1.Cc1ccc(NC(=O)CO)c(Cl)c1.S=c1[nH]nc(Br)n1-c1ccc(C2CC2)c2ccccc12. The summed E-state index contributed by atoms with van der Waals surface area (Å²) < 4.78 is 5.85. The molecule has 0 saturated heterocycles. The van der Waals surface area contributed by atoms with Crippen molar-refractivity contribution in [3.8, 4) is 11.4 Å². The highest BCUT2D eigenvalue weighted by molar-refractivity contribution is 9.10. The summed E-state index contributed by atoms with van der Waals surface area (Å²) in [5.74, 6) is 1.48. The second-order valence-electron chi connectivity index (χ2n) is 15.8. The number of aromatic amines is 1. The molecule has 2 saturated carbocycles. The Morgan fingerprint density at radius 3 is 1.80 bits per heavy atom. The van der Waals surface area contributed by atoms with E-state index in [1.807, 2.05) is 41.2 Å². The van der Waals surface area contributed by atoms with E-state index in [-0.39, 0.29) is 5.76 Å². The first-order chi connectivity index (χ1) is 31.7. The van der Waals surface area contributed by atoms with Crippen LogP contribution in [0.1, 0.15) is 59.8 Å². The van der Waals surface area contributed by atoms with Gasteiger partial charge in [0.2, 0.25) is 20.1 Å². The molecule has 2 fully saturated rings. The summed E-state index contributed by atoms with van der Waals surface area (Å²) in [5, 5.41) is 42.5. The first-order valence-electron chi connectivity index (χ1n) is 20.9. The van der Waals surface area contributed by atoms with E-state index in [4.69, 9.17) is 46.3 Å². The molecule has 0 radical (unpaired) electrons. The number of carbonyl (C=O) groups is 1. The van der Waals surface area contributed by atoms with Gasteiger partial charge in [-0.3, -0.25) is 19.0 Å². The van der Waals surface area contributed by atoms with Gasteiger partial charge in [-0.05, 0) is 165 Å². The number of amides is 1. The summed E-state index contributed by atoms with van der Waals surface area (Å²) >= 11 is 25.2. The molecule has 2 aromatic heterocycles. The van der Waals surface area contributed by atoms with Gasteiger partial charge in [-0.2, -0.15) is 0 Å². The zero-order valence-electron chi connectivity index (χ0n) is 35.9. The third kappa shape index (κ3) is 12.1. The lowest BCUT2D eigenvalue weighted by Crippen LogP contribution is -2.15. The second kappa shape index (κ2) is 22.2. The van der Waals surface area contributed by atoms with Crippen molar-refractivity contribution in [1.82, 2.24) is 29.5 Å². The molecule has 11 nitrogen and oxygen atoms in total. The van der Waals surface area contributed by atoms with Gasteiger partial charge in [0.15, 0.2) is 5.16 Å². The third-order valence-corrected chi connectivity index (χ3v) is 13.6. The molecule has 2 aliphatic rings. The highest BCUT2D eigenvalue weighted by Gasteiger charge is 2.27. The molecule has 8 aromatic rings. The topological polar surface area (TPSA) is 160 Å². The molecule has 2 aliphatic carbocycles. The van der Waals surface area contributed by atoms with Crippen LogP contribution in [-0.4, -0.2) is 58.0 Å². The number of thioether (sulfide) groups is 1. The number of nitrogens with two attached hydrogens (primary N) is 1. The van der Waals surface area contributed by atoms with E-state index in [2.05, 4.69) is 137 Å². The predicted molar refractivity (Wildman–Crippen MR) is 279 cm³/mol. The van der Waals surface area contributed by atoms with Crippen LogP contribution in [0.25, 0.3) is 32.9 Å². The number of halogens is 4. The lowest BCUT2D eigenvalue weighted by Gasteiger charge is -2.13. The Morgan fingerprint density at radius 1 is 0.803 bits per heavy atom. The van der Waals surface area contributed by atoms with Crippen LogP contribution in [0, 0.1) is 18.6 Å². The molecule has 0 atom stereocenters. The quantitative estimate of drug-likeness (QED) is 0.0410. The van der Waals surface area contributed by atoms with Gasteiger partial charge in [-0.1, -0.05) is 114 Å². The fourth-order valence-electron chi connectivity index (χ4n) is 7.23. The van der Waals surface area contributed by atoms with E-state index in [0.717, 1.165) is 33.6 Å². The molecule has 6 aromatic carbocycles. The van der Waals surface area contributed by atoms with Crippen LogP contribution < -0.4 is 11.1 Å². The number of carbonyl (C=O) groups excluding carboxylic acids is 1. The maximum Gasteiger partial charge on any atom is 0.250 e. The summed E-state index contributed by atoms with van der Waals surface area (Å²) in [4.78, 5) is 10.8. The number of rotatable bonds is 9. The molecule has 0 bridgehead atoms. The fourth-order valence-corrected chi connectivity index (χ4v) is 9.82. The number of hydrogen-bond donors (Lipinski definition) is 5. The van der Waals surface area contributed by atoms with Crippen molar-refractivity contribution in [2.75, 3.05) is 23.4 Å². The van der Waals surface area contributed by atoms with Crippen LogP contribution in [0.15, 0.2) is 136 Å². The normalized spacial score (nSPS) is 12.9. The fraction of sp³-hybridized carbons (Fsp3) is 0.204. The number of fused-ring (bicyclic) bond motifs is 2. The van der Waals surface area contributed by atoms with Crippen LogP contribution >= 0.6 is 79.0 Å². The van der Waals surface area contributed by atoms with E-state index < -0.39 is 12.5 Å². The van der Waals surface area contributed by atoms with Crippen molar-refractivity contribution in [3.63, 3.8) is 0 Å². The van der Waals surface area contributed by atoms with Gasteiger partial charge in [0.25, 0.3) is 0 Å². The molecule has 2 heterocycles. The molecule has 340 valence electrons. The minimum absolute atomic E-state index is 0.125. The smallest absolute Gasteiger partial charge is 0.250 e. The standard InChI is InChI=1S/C18H16BrN3OS.C15H12BrN3S.C9H10ClNO2.C7H8ClN/c1-11(23)10-24-18-21-20-17(19)22(18)16-9-8-13(12-6-7-12)14-4-2-3-5-15(14)16;16-14-17-18-15(20)19(14)13-8-7-10(9-5-6-9)11-3-1-2-4-12(11)13;1-6-2-3-8(7(10)4-6)11-9(13)5-12;1-5-2-3-7(9)6(8)4-5/h2-5,8-9,12,23H,1,6-7,10H2;1-4,7-9H,5-6H2,(H,18,20);2-4,12H,5H2,1H3,(H,11,13);2-4H,9H2,1H3. The predicted octanol–water partition coefficient (Wildman–Crippen LogP) is 13.8. The molecular formula is C49H46Br2Cl2N8O3S2. The van der Waals surface area contributed by atoms with E-state index in [0.29, 0.717) is 47.3 Å². The minimum atomic E-state index is -0.537. The van der Waals surface area contributed by atoms with Gasteiger partial charge in [-0.25, -0.2) is 0 Å². The first-order valence-corrected chi connectivity index (χ1v) is 24.6. The highest BCUT2D eigenvalue weighted by atomic mass is 79.9. The number of anilines is 2. The van der Waals surface area contributed by atoms with Gasteiger partial charge in [0, 0.05) is 10.8 Å². The average Bonchev–Trinajstić information content (AvgIpc) is 4.26. The van der Waals surface area contributed by atoms with Crippen LogP contribution in [0.3, 0.4) is 0 Å². The highest BCUT2D eigenvalue weighted by Crippen LogP contribution is 2.45. The molecule has 0 spiro atoms. The summed E-state index contributed by atoms with van der Waals surface area (Å²) in [7, 11) is 0. The zero-order chi connectivity index (χ0) is 47.1. The lowest BCUT2D eigenvalue weighted by atomic mass is 9.99. The lowest BCUT2D eigenvalue weighted by molar-refractivity contribution is -0.118. The summed E-state index contributed by atoms with van der Waals surface area (Å²) in [6.07, 6.45) is 5.16. The van der Waals surface area contributed by atoms with Crippen molar-refractivity contribution in [1.29, 1.82) is 0 Å². The number of benzene rings is 6.